The largest absolute Gasteiger partial charge is 0.548 e. The molecule has 1 aromatic heterocycles. The summed E-state index contributed by atoms with van der Waals surface area (Å²) >= 11 is 0. The average Bonchev–Trinajstić information content (AvgIpc) is 2.52. The van der Waals surface area contributed by atoms with Crippen molar-refractivity contribution in [3.05, 3.63) is 39.7 Å². The summed E-state index contributed by atoms with van der Waals surface area (Å²) in [5, 5.41) is 13.2. The molecule has 1 amide bonds. The topological polar surface area (TPSA) is 109 Å². The number of carbonyl (C=O) groups is 2. The van der Waals surface area contributed by atoms with Gasteiger partial charge in [0, 0.05) is 17.0 Å². The van der Waals surface area contributed by atoms with Gasteiger partial charge in [0.05, 0.1) is 12.5 Å². The van der Waals surface area contributed by atoms with Gasteiger partial charge in [0.15, 0.2) is 6.61 Å². The second kappa shape index (κ2) is 6.95. The molecule has 1 N–H and O–H groups in total. The van der Waals surface area contributed by atoms with E-state index >= 15 is 0 Å². The number of ether oxygens (including phenoxy) is 1. The number of hydrogen-bond acceptors (Lipinski definition) is 6. The lowest BCUT2D eigenvalue weighted by atomic mass is 10.0. The van der Waals surface area contributed by atoms with Crippen LogP contribution in [-0.2, 0) is 16.0 Å². The number of rotatable bonds is 6. The minimum atomic E-state index is -1.38. The summed E-state index contributed by atoms with van der Waals surface area (Å²) in [6, 6.07) is 4.90. The van der Waals surface area contributed by atoms with Gasteiger partial charge in [-0.05, 0) is 31.0 Å². The Morgan fingerprint density at radius 2 is 2.09 bits per heavy atom. The predicted octanol–water partition coefficient (Wildman–Crippen LogP) is -0.0913. The highest BCUT2D eigenvalue weighted by Gasteiger charge is 2.12. The van der Waals surface area contributed by atoms with Crippen LogP contribution < -0.4 is 20.8 Å². The van der Waals surface area contributed by atoms with Gasteiger partial charge in [-0.25, -0.2) is 4.79 Å². The minimum absolute atomic E-state index is 0.350. The molecule has 0 aliphatic carbocycles. The molecule has 1 heterocycles. The number of aryl methyl sites for hydroxylation is 2. The van der Waals surface area contributed by atoms with Crippen molar-refractivity contribution in [2.45, 2.75) is 20.3 Å². The molecule has 0 unspecified atom stereocenters. The van der Waals surface area contributed by atoms with Gasteiger partial charge in [-0.15, -0.1) is 0 Å². The Hall–Kier alpha value is -2.83. The molecule has 0 fully saturated rings. The van der Waals surface area contributed by atoms with Crippen LogP contribution in [0.3, 0.4) is 0 Å². The number of benzene rings is 1. The van der Waals surface area contributed by atoms with E-state index in [1.54, 1.807) is 19.1 Å². The summed E-state index contributed by atoms with van der Waals surface area (Å²) in [5.41, 5.74) is 1.45. The molecule has 122 valence electrons. The fourth-order valence-corrected chi connectivity index (χ4v) is 2.22. The maximum atomic E-state index is 11.6. The van der Waals surface area contributed by atoms with Gasteiger partial charge in [0.1, 0.15) is 11.3 Å². The zero-order chi connectivity index (χ0) is 17.0. The van der Waals surface area contributed by atoms with Crippen molar-refractivity contribution in [1.82, 2.24) is 5.32 Å². The van der Waals surface area contributed by atoms with Crippen LogP contribution in [0, 0.1) is 6.92 Å². The Labute approximate surface area is 131 Å². The molecular formula is C16H16NO6-. The third-order valence-electron chi connectivity index (χ3n) is 3.37. The van der Waals surface area contributed by atoms with Crippen molar-refractivity contribution < 1.29 is 23.8 Å². The molecule has 2 aromatic rings. The van der Waals surface area contributed by atoms with Crippen LogP contribution in [0.2, 0.25) is 0 Å². The van der Waals surface area contributed by atoms with E-state index in [1.165, 1.54) is 6.07 Å². The van der Waals surface area contributed by atoms with E-state index in [1.807, 2.05) is 6.92 Å². The molecule has 2 rings (SSSR count). The summed E-state index contributed by atoms with van der Waals surface area (Å²) in [4.78, 5) is 33.3. The van der Waals surface area contributed by atoms with Crippen molar-refractivity contribution in [3.63, 3.8) is 0 Å². The monoisotopic (exact) mass is 318 g/mol. The molecule has 0 aliphatic rings. The molecular weight excluding hydrogens is 302 g/mol. The molecule has 0 aliphatic heterocycles. The van der Waals surface area contributed by atoms with Gasteiger partial charge in [0.25, 0.3) is 5.91 Å². The second-order valence-electron chi connectivity index (χ2n) is 4.95. The number of carbonyl (C=O) groups excluding carboxylic acids is 2. The van der Waals surface area contributed by atoms with Crippen LogP contribution in [0.1, 0.15) is 18.1 Å². The zero-order valence-electron chi connectivity index (χ0n) is 12.8. The lowest BCUT2D eigenvalue weighted by Gasteiger charge is -2.12. The van der Waals surface area contributed by atoms with Crippen molar-refractivity contribution >= 4 is 22.8 Å². The number of carboxylic acid groups (broad SMARTS) is 1. The molecule has 0 spiro atoms. The molecule has 0 atom stereocenters. The standard InChI is InChI=1S/C16H17NO6/c1-3-10-6-15(21)23-16-9(2)12(5-4-11(10)16)22-8-13(18)17-7-14(19)20/h4-6H,3,7-8H2,1-2H3,(H,17,18)(H,19,20)/p-1. The number of nitrogens with one attached hydrogen (secondary N) is 1. The molecule has 7 nitrogen and oxygen atoms in total. The number of amides is 1. The average molecular weight is 318 g/mol. The Bertz CT molecular complexity index is 808. The lowest BCUT2D eigenvalue weighted by molar-refractivity contribution is -0.304. The van der Waals surface area contributed by atoms with Gasteiger partial charge in [-0.3, -0.25) is 4.79 Å². The molecule has 0 saturated heterocycles. The number of hydrogen-bond donors (Lipinski definition) is 1. The molecule has 0 bridgehead atoms. The van der Waals surface area contributed by atoms with Crippen LogP contribution >= 0.6 is 0 Å². The first kappa shape index (κ1) is 16.5. The van der Waals surface area contributed by atoms with Gasteiger partial charge in [-0.2, -0.15) is 0 Å². The van der Waals surface area contributed by atoms with Gasteiger partial charge in [0.2, 0.25) is 0 Å². The number of aliphatic carboxylic acids is 1. The molecule has 1 aromatic carbocycles. The van der Waals surface area contributed by atoms with Gasteiger partial charge < -0.3 is 24.4 Å². The van der Waals surface area contributed by atoms with Crippen molar-refractivity contribution in [3.8, 4) is 5.75 Å². The first-order valence-corrected chi connectivity index (χ1v) is 7.08. The van der Waals surface area contributed by atoms with E-state index in [-0.39, 0.29) is 6.61 Å². The summed E-state index contributed by atoms with van der Waals surface area (Å²) in [7, 11) is 0. The van der Waals surface area contributed by atoms with Crippen LogP contribution in [0.25, 0.3) is 11.0 Å². The van der Waals surface area contributed by atoms with E-state index in [0.29, 0.717) is 23.3 Å². The van der Waals surface area contributed by atoms with E-state index in [0.717, 1.165) is 10.9 Å². The Morgan fingerprint density at radius 1 is 1.35 bits per heavy atom. The fraction of sp³-hybridized carbons (Fsp3) is 0.312. The van der Waals surface area contributed by atoms with Gasteiger partial charge in [-0.1, -0.05) is 6.92 Å². The van der Waals surface area contributed by atoms with Crippen LogP contribution in [0.5, 0.6) is 5.75 Å². The fourth-order valence-electron chi connectivity index (χ4n) is 2.22. The normalized spacial score (nSPS) is 10.5. The van der Waals surface area contributed by atoms with E-state index in [2.05, 4.69) is 5.32 Å². The Morgan fingerprint density at radius 3 is 2.74 bits per heavy atom. The van der Waals surface area contributed by atoms with Crippen LogP contribution in [0.15, 0.2) is 27.4 Å². The maximum absolute atomic E-state index is 11.6. The highest BCUT2D eigenvalue weighted by Crippen LogP contribution is 2.28. The van der Waals surface area contributed by atoms with Crippen molar-refractivity contribution in [2.75, 3.05) is 13.2 Å². The SMILES string of the molecule is CCc1cc(=O)oc2c(C)c(OCC(=O)NCC(=O)[O-])ccc12. The third-order valence-corrected chi connectivity index (χ3v) is 3.37. The van der Waals surface area contributed by atoms with Crippen molar-refractivity contribution in [1.29, 1.82) is 0 Å². The lowest BCUT2D eigenvalue weighted by Crippen LogP contribution is -2.39. The molecule has 23 heavy (non-hydrogen) atoms. The molecule has 0 saturated carbocycles. The number of carboxylic acids is 1. The van der Waals surface area contributed by atoms with Crippen LogP contribution in [-0.4, -0.2) is 25.0 Å². The number of fused-ring (bicyclic) bond motifs is 1. The Balaban J connectivity index is 2.22. The molecule has 0 radical (unpaired) electrons. The second-order valence-corrected chi connectivity index (χ2v) is 4.95. The quantitative estimate of drug-likeness (QED) is 0.746. The first-order valence-electron chi connectivity index (χ1n) is 7.08. The van der Waals surface area contributed by atoms with E-state index in [9.17, 15) is 19.5 Å². The minimum Gasteiger partial charge on any atom is -0.548 e. The maximum Gasteiger partial charge on any atom is 0.336 e. The third kappa shape index (κ3) is 3.88. The highest BCUT2D eigenvalue weighted by atomic mass is 16.5. The van der Waals surface area contributed by atoms with E-state index < -0.39 is 24.0 Å². The Kier molecular flexibility index (Phi) is 5.00. The van der Waals surface area contributed by atoms with Crippen LogP contribution in [0.4, 0.5) is 0 Å². The summed E-state index contributed by atoms with van der Waals surface area (Å²) in [6.45, 7) is 2.74. The van der Waals surface area contributed by atoms with Gasteiger partial charge >= 0.3 is 5.63 Å². The zero-order valence-corrected chi connectivity index (χ0v) is 12.8. The predicted molar refractivity (Wildman–Crippen MR) is 80.1 cm³/mol. The molecule has 7 heteroatoms. The van der Waals surface area contributed by atoms with Crippen molar-refractivity contribution in [2.24, 2.45) is 0 Å². The summed E-state index contributed by atoms with van der Waals surface area (Å²) in [5.74, 6) is -1.58. The smallest absolute Gasteiger partial charge is 0.336 e. The first-order chi connectivity index (χ1) is 10.9. The summed E-state index contributed by atoms with van der Waals surface area (Å²) < 4.78 is 10.6. The summed E-state index contributed by atoms with van der Waals surface area (Å²) in [6.07, 6.45) is 0.688. The highest BCUT2D eigenvalue weighted by molar-refractivity contribution is 5.85. The van der Waals surface area contributed by atoms with E-state index in [4.69, 9.17) is 9.15 Å².